The van der Waals surface area contributed by atoms with Crippen LogP contribution in [0.3, 0.4) is 0 Å². The fourth-order valence-electron chi connectivity index (χ4n) is 4.63. The maximum atomic E-state index is 13.6. The number of ether oxygens (including phenoxy) is 1. The lowest BCUT2D eigenvalue weighted by Crippen LogP contribution is -2.23. The van der Waals surface area contributed by atoms with E-state index in [9.17, 15) is 14.4 Å². The van der Waals surface area contributed by atoms with E-state index in [4.69, 9.17) is 14.9 Å². The summed E-state index contributed by atoms with van der Waals surface area (Å²) < 4.78 is 21.0. The van der Waals surface area contributed by atoms with Crippen LogP contribution in [0.2, 0.25) is 0 Å². The van der Waals surface area contributed by atoms with Crippen molar-refractivity contribution in [1.29, 1.82) is 5.26 Å². The van der Waals surface area contributed by atoms with Crippen LogP contribution in [-0.2, 0) is 16.1 Å². The van der Waals surface area contributed by atoms with Gasteiger partial charge in [-0.1, -0.05) is 42.1 Å². The Morgan fingerprint density at radius 1 is 1.09 bits per heavy atom. The van der Waals surface area contributed by atoms with Crippen molar-refractivity contribution in [3.8, 4) is 28.5 Å². The smallest absolute Gasteiger partial charge is 0.329 e. The van der Waals surface area contributed by atoms with Crippen LogP contribution in [0, 0.1) is 29.0 Å². The molecule has 0 radical (unpaired) electrons. The second kappa shape index (κ2) is 12.0. The van der Waals surface area contributed by atoms with Crippen LogP contribution < -0.4 is 0 Å². The van der Waals surface area contributed by atoms with E-state index in [1.807, 2.05) is 35.0 Å². The van der Waals surface area contributed by atoms with E-state index >= 15 is 0 Å². The van der Waals surface area contributed by atoms with E-state index in [2.05, 4.69) is 6.07 Å². The number of thioether (sulfide) groups is 1. The Kier molecular flexibility index (Phi) is 8.56. The van der Waals surface area contributed by atoms with Gasteiger partial charge in [-0.05, 0) is 67.3 Å². The molecule has 8 heteroatoms. The molecule has 0 bridgehead atoms. The van der Waals surface area contributed by atoms with E-state index in [0.717, 1.165) is 59.6 Å². The number of hydrogen-bond donors (Lipinski definition) is 1. The standard InChI is InChI=1S/C27H28FN3O3S/c28-23-12-10-22(11-13-23)26-25(21-4-2-1-3-5-21)27(35-15-14-29)31(30-26)16-19-6-8-20(9-7-19)17-34-18-24(32)33/h1-5,10-13,19-20H,6-9,15-18H2,(H,32,33)/t19-,20-. The molecular weight excluding hydrogens is 465 g/mol. The highest BCUT2D eigenvalue weighted by atomic mass is 32.2. The number of hydrogen-bond acceptors (Lipinski definition) is 5. The molecule has 3 aromatic rings. The van der Waals surface area contributed by atoms with Gasteiger partial charge >= 0.3 is 5.97 Å². The summed E-state index contributed by atoms with van der Waals surface area (Å²) in [6, 6.07) is 18.6. The van der Waals surface area contributed by atoms with Gasteiger partial charge < -0.3 is 9.84 Å². The molecule has 0 aliphatic heterocycles. The molecule has 1 aliphatic carbocycles. The van der Waals surface area contributed by atoms with E-state index in [1.165, 1.54) is 23.9 Å². The van der Waals surface area contributed by atoms with Crippen molar-refractivity contribution in [2.24, 2.45) is 11.8 Å². The van der Waals surface area contributed by atoms with Gasteiger partial charge in [-0.25, -0.2) is 9.18 Å². The molecule has 6 nitrogen and oxygen atoms in total. The Hall–Kier alpha value is -3.15. The number of carbonyl (C=O) groups is 1. The molecule has 0 unspecified atom stereocenters. The summed E-state index contributed by atoms with van der Waals surface area (Å²) >= 11 is 1.48. The van der Waals surface area contributed by atoms with Crippen molar-refractivity contribution >= 4 is 17.7 Å². The van der Waals surface area contributed by atoms with Gasteiger partial charge in [0.25, 0.3) is 0 Å². The maximum absolute atomic E-state index is 13.6. The van der Waals surface area contributed by atoms with Crippen LogP contribution in [0.1, 0.15) is 25.7 Å². The van der Waals surface area contributed by atoms with Crippen LogP contribution in [0.15, 0.2) is 59.6 Å². The summed E-state index contributed by atoms with van der Waals surface area (Å²) in [7, 11) is 0. The largest absolute Gasteiger partial charge is 0.480 e. The first-order valence-electron chi connectivity index (χ1n) is 11.8. The van der Waals surface area contributed by atoms with Crippen molar-refractivity contribution in [2.75, 3.05) is 19.0 Å². The van der Waals surface area contributed by atoms with Gasteiger partial charge in [0, 0.05) is 17.7 Å². The van der Waals surface area contributed by atoms with E-state index in [-0.39, 0.29) is 12.4 Å². The molecule has 1 aromatic heterocycles. The van der Waals surface area contributed by atoms with Crippen LogP contribution in [0.25, 0.3) is 22.4 Å². The van der Waals surface area contributed by atoms with E-state index in [0.29, 0.717) is 24.2 Å². The number of nitrogens with zero attached hydrogens (tertiary/aromatic N) is 3. The monoisotopic (exact) mass is 493 g/mol. The van der Waals surface area contributed by atoms with E-state index in [1.54, 1.807) is 12.1 Å². The fraction of sp³-hybridized carbons (Fsp3) is 0.370. The molecule has 2 aromatic carbocycles. The van der Waals surface area contributed by atoms with Crippen molar-refractivity contribution in [3.63, 3.8) is 0 Å². The summed E-state index contributed by atoms with van der Waals surface area (Å²) in [5.41, 5.74) is 3.60. The average Bonchev–Trinajstić information content (AvgIpc) is 3.22. The Bertz CT molecular complexity index is 1170. The second-order valence-corrected chi connectivity index (χ2v) is 9.79. The predicted octanol–water partition coefficient (Wildman–Crippen LogP) is 5.88. The first kappa shape index (κ1) is 25.0. The van der Waals surface area contributed by atoms with Gasteiger partial charge in [-0.2, -0.15) is 10.4 Å². The highest BCUT2D eigenvalue weighted by molar-refractivity contribution is 7.99. The minimum absolute atomic E-state index is 0.249. The number of halogens is 1. The van der Waals surface area contributed by atoms with Gasteiger partial charge in [-0.15, -0.1) is 0 Å². The number of aromatic nitrogens is 2. The Morgan fingerprint density at radius 2 is 1.77 bits per heavy atom. The van der Waals surface area contributed by atoms with Crippen LogP contribution >= 0.6 is 11.8 Å². The topological polar surface area (TPSA) is 88.1 Å². The first-order valence-corrected chi connectivity index (χ1v) is 12.7. The molecule has 0 amide bonds. The third-order valence-corrected chi connectivity index (χ3v) is 7.30. The molecular formula is C27H28FN3O3S. The molecule has 1 aliphatic rings. The maximum Gasteiger partial charge on any atom is 0.329 e. The molecule has 1 fully saturated rings. The quantitative estimate of drug-likeness (QED) is 0.355. The molecule has 1 N–H and O–H groups in total. The zero-order valence-electron chi connectivity index (χ0n) is 19.4. The molecule has 1 saturated carbocycles. The predicted molar refractivity (Wildman–Crippen MR) is 133 cm³/mol. The van der Waals surface area contributed by atoms with Gasteiger partial charge in [0.2, 0.25) is 0 Å². The number of aliphatic carboxylic acids is 1. The van der Waals surface area contributed by atoms with Crippen LogP contribution in [0.5, 0.6) is 0 Å². The minimum atomic E-state index is -0.939. The lowest BCUT2D eigenvalue weighted by Gasteiger charge is -2.28. The number of rotatable bonds is 10. The lowest BCUT2D eigenvalue weighted by molar-refractivity contribution is -0.142. The van der Waals surface area contributed by atoms with Crippen LogP contribution in [-0.4, -0.2) is 39.8 Å². The third kappa shape index (κ3) is 6.50. The summed E-state index contributed by atoms with van der Waals surface area (Å²) in [6.45, 7) is 0.968. The normalized spacial score (nSPS) is 17.7. The number of nitriles is 1. The molecule has 4 rings (SSSR count). The summed E-state index contributed by atoms with van der Waals surface area (Å²) in [5, 5.41) is 24.0. The lowest BCUT2D eigenvalue weighted by atomic mass is 9.82. The Morgan fingerprint density at radius 3 is 2.43 bits per heavy atom. The fourth-order valence-corrected chi connectivity index (χ4v) is 5.46. The highest BCUT2D eigenvalue weighted by Gasteiger charge is 2.26. The molecule has 0 atom stereocenters. The molecule has 182 valence electrons. The zero-order valence-corrected chi connectivity index (χ0v) is 20.2. The highest BCUT2D eigenvalue weighted by Crippen LogP contribution is 2.41. The average molecular weight is 494 g/mol. The van der Waals surface area contributed by atoms with Crippen LogP contribution in [0.4, 0.5) is 4.39 Å². The Labute approximate surface area is 208 Å². The molecule has 35 heavy (non-hydrogen) atoms. The van der Waals surface area contributed by atoms with Gasteiger partial charge in [0.05, 0.1) is 18.4 Å². The second-order valence-electron chi connectivity index (χ2n) is 8.83. The summed E-state index contributed by atoms with van der Waals surface area (Å²) in [6.07, 6.45) is 4.00. The zero-order chi connectivity index (χ0) is 24.6. The SMILES string of the molecule is N#CCSc1c(-c2ccccc2)c(-c2ccc(F)cc2)nn1C[C@H]1CC[C@H](COCC(=O)O)CC1. The van der Waals surface area contributed by atoms with E-state index < -0.39 is 5.97 Å². The molecule has 1 heterocycles. The van der Waals surface area contributed by atoms with Gasteiger partial charge in [-0.3, -0.25) is 4.68 Å². The van der Waals surface area contributed by atoms with Crippen molar-refractivity contribution < 1.29 is 19.0 Å². The number of benzene rings is 2. The number of carboxylic acids is 1. The van der Waals surface area contributed by atoms with Gasteiger partial charge in [0.1, 0.15) is 23.1 Å². The van der Waals surface area contributed by atoms with Crippen molar-refractivity contribution in [1.82, 2.24) is 9.78 Å². The third-order valence-electron chi connectivity index (χ3n) is 6.34. The van der Waals surface area contributed by atoms with Crippen molar-refractivity contribution in [2.45, 2.75) is 37.3 Å². The van der Waals surface area contributed by atoms with Gasteiger partial charge in [0.15, 0.2) is 0 Å². The minimum Gasteiger partial charge on any atom is -0.480 e. The number of carboxylic acid groups (broad SMARTS) is 1. The summed E-state index contributed by atoms with van der Waals surface area (Å²) in [5.74, 6) is -0.118. The Balaban J connectivity index is 1.60. The first-order chi connectivity index (χ1) is 17.0. The molecule has 0 spiro atoms. The van der Waals surface area contributed by atoms with Crippen molar-refractivity contribution in [3.05, 3.63) is 60.4 Å². The summed E-state index contributed by atoms with van der Waals surface area (Å²) in [4.78, 5) is 10.7. The molecule has 0 saturated heterocycles.